The highest BCUT2D eigenvalue weighted by Gasteiger charge is 2.24. The van der Waals surface area contributed by atoms with Gasteiger partial charge < -0.3 is 9.26 Å². The SMILES string of the molecule is COc1ccc(C(=O)c2nocc2C(=O)c2ccc(Cl)cc2)cc1. The Morgan fingerprint density at radius 1 is 0.958 bits per heavy atom. The lowest BCUT2D eigenvalue weighted by Crippen LogP contribution is -2.10. The molecule has 0 spiro atoms. The number of ether oxygens (including phenoxy) is 1. The van der Waals surface area contributed by atoms with E-state index in [9.17, 15) is 9.59 Å². The van der Waals surface area contributed by atoms with Gasteiger partial charge >= 0.3 is 0 Å². The van der Waals surface area contributed by atoms with E-state index >= 15 is 0 Å². The molecule has 0 radical (unpaired) electrons. The van der Waals surface area contributed by atoms with Gasteiger partial charge in [-0.15, -0.1) is 0 Å². The number of hydrogen-bond acceptors (Lipinski definition) is 5. The third-order valence-electron chi connectivity index (χ3n) is 3.49. The van der Waals surface area contributed by atoms with Crippen molar-refractivity contribution in [2.24, 2.45) is 0 Å². The van der Waals surface area contributed by atoms with Crippen LogP contribution in [0.3, 0.4) is 0 Å². The van der Waals surface area contributed by atoms with Crippen molar-refractivity contribution in [3.8, 4) is 5.75 Å². The molecule has 0 aliphatic heterocycles. The van der Waals surface area contributed by atoms with Gasteiger partial charge in [0.25, 0.3) is 0 Å². The van der Waals surface area contributed by atoms with E-state index < -0.39 is 5.78 Å². The summed E-state index contributed by atoms with van der Waals surface area (Å²) in [5, 5.41) is 4.22. The van der Waals surface area contributed by atoms with Crippen LogP contribution in [0.25, 0.3) is 0 Å². The molecule has 0 saturated heterocycles. The van der Waals surface area contributed by atoms with Gasteiger partial charge in [-0.25, -0.2) is 0 Å². The van der Waals surface area contributed by atoms with Crippen LogP contribution in [0.5, 0.6) is 5.75 Å². The van der Waals surface area contributed by atoms with Gasteiger partial charge in [-0.1, -0.05) is 16.8 Å². The van der Waals surface area contributed by atoms with Gasteiger partial charge in [0.1, 0.15) is 12.0 Å². The fourth-order valence-corrected chi connectivity index (χ4v) is 2.32. The Balaban J connectivity index is 1.93. The number of aromatic nitrogens is 1. The molecule has 0 saturated carbocycles. The van der Waals surface area contributed by atoms with Crippen LogP contribution < -0.4 is 4.74 Å². The van der Waals surface area contributed by atoms with E-state index in [4.69, 9.17) is 20.9 Å². The molecule has 0 unspecified atom stereocenters. The van der Waals surface area contributed by atoms with Crippen LogP contribution in [-0.2, 0) is 0 Å². The molecule has 120 valence electrons. The summed E-state index contributed by atoms with van der Waals surface area (Å²) in [6, 6.07) is 12.9. The summed E-state index contributed by atoms with van der Waals surface area (Å²) in [6.45, 7) is 0. The lowest BCUT2D eigenvalue weighted by atomic mass is 9.99. The highest BCUT2D eigenvalue weighted by molar-refractivity contribution is 6.30. The average molecular weight is 342 g/mol. The molecule has 1 aromatic heterocycles. The molecule has 0 N–H and O–H groups in total. The predicted octanol–water partition coefficient (Wildman–Crippen LogP) is 3.80. The van der Waals surface area contributed by atoms with Crippen molar-refractivity contribution in [2.75, 3.05) is 7.11 Å². The number of halogens is 1. The van der Waals surface area contributed by atoms with Crippen molar-refractivity contribution < 1.29 is 18.8 Å². The minimum atomic E-state index is -0.399. The first-order valence-corrected chi connectivity index (χ1v) is 7.41. The van der Waals surface area contributed by atoms with Crippen molar-refractivity contribution in [3.05, 3.63) is 82.2 Å². The number of nitrogens with zero attached hydrogens (tertiary/aromatic N) is 1. The van der Waals surface area contributed by atoms with Gasteiger partial charge in [0.2, 0.25) is 5.78 Å². The molecule has 3 rings (SSSR count). The lowest BCUT2D eigenvalue weighted by molar-refractivity contribution is 0.1000. The minimum Gasteiger partial charge on any atom is -0.497 e. The van der Waals surface area contributed by atoms with Gasteiger partial charge in [0, 0.05) is 16.1 Å². The Morgan fingerprint density at radius 2 is 1.54 bits per heavy atom. The Labute approximate surface area is 142 Å². The summed E-state index contributed by atoms with van der Waals surface area (Å²) in [4.78, 5) is 25.1. The normalized spacial score (nSPS) is 10.4. The summed E-state index contributed by atoms with van der Waals surface area (Å²) in [6.07, 6.45) is 1.17. The van der Waals surface area contributed by atoms with Crippen LogP contribution in [0.2, 0.25) is 5.02 Å². The van der Waals surface area contributed by atoms with Crippen molar-refractivity contribution >= 4 is 23.2 Å². The summed E-state index contributed by atoms with van der Waals surface area (Å²) in [5.41, 5.74) is 0.861. The van der Waals surface area contributed by atoms with Gasteiger partial charge in [-0.05, 0) is 48.5 Å². The van der Waals surface area contributed by atoms with Gasteiger partial charge in [-0.2, -0.15) is 0 Å². The van der Waals surface area contributed by atoms with E-state index in [0.717, 1.165) is 0 Å². The van der Waals surface area contributed by atoms with Crippen molar-refractivity contribution in [3.63, 3.8) is 0 Å². The van der Waals surface area contributed by atoms with Gasteiger partial charge in [0.15, 0.2) is 11.5 Å². The number of carbonyl (C=O) groups is 2. The second-order valence-electron chi connectivity index (χ2n) is 4.97. The van der Waals surface area contributed by atoms with Gasteiger partial charge in [0.05, 0.1) is 12.7 Å². The van der Waals surface area contributed by atoms with Crippen LogP contribution >= 0.6 is 11.6 Å². The van der Waals surface area contributed by atoms with E-state index in [2.05, 4.69) is 5.16 Å². The molecule has 0 aliphatic carbocycles. The number of hydrogen-bond donors (Lipinski definition) is 0. The van der Waals surface area contributed by atoms with Crippen molar-refractivity contribution in [2.45, 2.75) is 0 Å². The van der Waals surface area contributed by atoms with E-state index in [1.165, 1.54) is 13.4 Å². The minimum absolute atomic E-state index is 0.0277. The number of rotatable bonds is 5. The second kappa shape index (κ2) is 6.68. The molecule has 5 nitrogen and oxygen atoms in total. The zero-order valence-corrected chi connectivity index (χ0v) is 13.4. The molecule has 0 fully saturated rings. The zero-order chi connectivity index (χ0) is 17.1. The zero-order valence-electron chi connectivity index (χ0n) is 12.7. The molecule has 3 aromatic rings. The first-order valence-electron chi connectivity index (χ1n) is 7.03. The largest absolute Gasteiger partial charge is 0.497 e. The molecule has 0 amide bonds. The number of carbonyl (C=O) groups excluding carboxylic acids is 2. The first-order chi connectivity index (χ1) is 11.6. The summed E-state index contributed by atoms with van der Waals surface area (Å²) in [5.74, 6) is -0.127. The Hall–Kier alpha value is -2.92. The molecule has 0 bridgehead atoms. The number of methoxy groups -OCH3 is 1. The van der Waals surface area contributed by atoms with Crippen LogP contribution in [-0.4, -0.2) is 23.8 Å². The number of benzene rings is 2. The highest BCUT2D eigenvalue weighted by atomic mass is 35.5. The molecule has 0 aliphatic rings. The van der Waals surface area contributed by atoms with E-state index in [0.29, 0.717) is 21.9 Å². The Bertz CT molecular complexity index is 882. The summed E-state index contributed by atoms with van der Waals surface area (Å²) >= 11 is 5.82. The van der Waals surface area contributed by atoms with Crippen molar-refractivity contribution in [1.82, 2.24) is 5.16 Å². The quantitative estimate of drug-likeness (QED) is 0.660. The maximum Gasteiger partial charge on any atom is 0.215 e. The maximum atomic E-state index is 12.6. The molecular formula is C18H12ClNO4. The summed E-state index contributed by atoms with van der Waals surface area (Å²) in [7, 11) is 1.54. The van der Waals surface area contributed by atoms with Gasteiger partial charge in [-0.3, -0.25) is 9.59 Å². The third kappa shape index (κ3) is 3.07. The maximum absolute atomic E-state index is 12.6. The molecule has 1 heterocycles. The number of ketones is 2. The molecule has 6 heteroatoms. The summed E-state index contributed by atoms with van der Waals surface area (Å²) < 4.78 is 9.92. The Kier molecular flexibility index (Phi) is 4.44. The third-order valence-corrected chi connectivity index (χ3v) is 3.74. The standard InChI is InChI=1S/C18H12ClNO4/c1-23-14-8-4-12(5-9-14)18(22)16-15(10-24-20-16)17(21)11-2-6-13(19)7-3-11/h2-10H,1H3. The van der Waals surface area contributed by atoms with E-state index in [1.54, 1.807) is 48.5 Å². The van der Waals surface area contributed by atoms with Crippen LogP contribution in [0.1, 0.15) is 32.0 Å². The fourth-order valence-electron chi connectivity index (χ4n) is 2.20. The van der Waals surface area contributed by atoms with Crippen LogP contribution in [0, 0.1) is 0 Å². The highest BCUT2D eigenvalue weighted by Crippen LogP contribution is 2.20. The predicted molar refractivity (Wildman–Crippen MR) is 87.8 cm³/mol. The van der Waals surface area contributed by atoms with Crippen molar-refractivity contribution in [1.29, 1.82) is 0 Å². The monoisotopic (exact) mass is 341 g/mol. The van der Waals surface area contributed by atoms with Crippen LogP contribution in [0.15, 0.2) is 59.3 Å². The topological polar surface area (TPSA) is 69.4 Å². The Morgan fingerprint density at radius 3 is 2.17 bits per heavy atom. The fraction of sp³-hybridized carbons (Fsp3) is 0.0556. The second-order valence-corrected chi connectivity index (χ2v) is 5.41. The molecule has 24 heavy (non-hydrogen) atoms. The van der Waals surface area contributed by atoms with E-state index in [1.807, 2.05) is 0 Å². The molecular weight excluding hydrogens is 330 g/mol. The first kappa shape index (κ1) is 16.0. The molecule has 0 atom stereocenters. The smallest absolute Gasteiger partial charge is 0.215 e. The average Bonchev–Trinajstić information content (AvgIpc) is 3.11. The van der Waals surface area contributed by atoms with E-state index in [-0.39, 0.29) is 17.0 Å². The lowest BCUT2D eigenvalue weighted by Gasteiger charge is -2.03. The van der Waals surface area contributed by atoms with Crippen LogP contribution in [0.4, 0.5) is 0 Å². The molecule has 2 aromatic carbocycles.